The molecule has 7 nitrogen and oxygen atoms in total. The van der Waals surface area contributed by atoms with Gasteiger partial charge in [0.05, 0.1) is 17.1 Å². The second kappa shape index (κ2) is 9.96. The van der Waals surface area contributed by atoms with Crippen LogP contribution in [0.2, 0.25) is 0 Å². The van der Waals surface area contributed by atoms with E-state index < -0.39 is 10.0 Å². The first kappa shape index (κ1) is 21.5. The smallest absolute Gasteiger partial charge is 0.243 e. The Balaban J connectivity index is 2.04. The number of unbranched alkanes of at least 4 members (excludes halogenated alkanes) is 1. The lowest BCUT2D eigenvalue weighted by Gasteiger charge is -2.19. The van der Waals surface area contributed by atoms with E-state index >= 15 is 0 Å². The van der Waals surface area contributed by atoms with E-state index in [1.807, 2.05) is 18.3 Å². The molecule has 0 aliphatic carbocycles. The molecule has 1 aromatic carbocycles. The average molecular weight is 394 g/mol. The van der Waals surface area contributed by atoms with Gasteiger partial charge in [-0.05, 0) is 37.2 Å². The Morgan fingerprint density at radius 3 is 2.30 bits per heavy atom. The second-order valence-electron chi connectivity index (χ2n) is 6.69. The highest BCUT2D eigenvalue weighted by molar-refractivity contribution is 7.89. The van der Waals surface area contributed by atoms with Crippen molar-refractivity contribution in [2.75, 3.05) is 20.1 Å². The fourth-order valence-corrected chi connectivity index (χ4v) is 3.95. The molecule has 0 radical (unpaired) electrons. The highest BCUT2D eigenvalue weighted by atomic mass is 32.2. The topological polar surface area (TPSA) is 71.3 Å². The minimum Gasteiger partial charge on any atom is -0.300 e. The fourth-order valence-electron chi connectivity index (χ4n) is 2.81. The number of benzene rings is 1. The zero-order valence-electron chi connectivity index (χ0n) is 16.8. The van der Waals surface area contributed by atoms with Gasteiger partial charge in [-0.3, -0.25) is 9.58 Å². The zero-order chi connectivity index (χ0) is 19.9. The van der Waals surface area contributed by atoms with Gasteiger partial charge < -0.3 is 0 Å². The van der Waals surface area contributed by atoms with E-state index in [2.05, 4.69) is 36.0 Å². The largest absolute Gasteiger partial charge is 0.300 e. The molecule has 0 unspecified atom stereocenters. The molecule has 0 amide bonds. The van der Waals surface area contributed by atoms with Crippen LogP contribution < -0.4 is 0 Å². The van der Waals surface area contributed by atoms with Crippen molar-refractivity contribution in [1.29, 1.82) is 0 Å². The lowest BCUT2D eigenvalue weighted by molar-refractivity contribution is 0.296. The molecule has 0 bridgehead atoms. The van der Waals surface area contributed by atoms with Crippen molar-refractivity contribution in [1.82, 2.24) is 24.2 Å². The van der Waals surface area contributed by atoms with Crippen LogP contribution in [-0.2, 0) is 29.7 Å². The van der Waals surface area contributed by atoms with E-state index in [0.717, 1.165) is 44.6 Å². The summed E-state index contributed by atoms with van der Waals surface area (Å²) in [6, 6.07) is 7.14. The molecule has 0 aliphatic rings. The van der Waals surface area contributed by atoms with Crippen molar-refractivity contribution in [2.24, 2.45) is 0 Å². The van der Waals surface area contributed by atoms with Crippen LogP contribution >= 0.6 is 0 Å². The monoisotopic (exact) mass is 393 g/mol. The van der Waals surface area contributed by atoms with Gasteiger partial charge in [0.2, 0.25) is 10.0 Å². The normalized spacial score (nSPS) is 12.2. The summed E-state index contributed by atoms with van der Waals surface area (Å²) in [4.78, 5) is 2.59. The van der Waals surface area contributed by atoms with Crippen LogP contribution in [-0.4, -0.2) is 52.8 Å². The molecule has 0 saturated carbocycles. The van der Waals surface area contributed by atoms with Crippen molar-refractivity contribution in [2.45, 2.75) is 58.1 Å². The molecule has 150 valence electrons. The first-order chi connectivity index (χ1) is 12.9. The summed E-state index contributed by atoms with van der Waals surface area (Å²) in [5, 5.41) is 8.14. The van der Waals surface area contributed by atoms with Crippen molar-refractivity contribution < 1.29 is 8.42 Å². The third kappa shape index (κ3) is 5.85. The van der Waals surface area contributed by atoms with Crippen molar-refractivity contribution in [3.05, 3.63) is 41.7 Å². The molecule has 2 rings (SSSR count). The lowest BCUT2D eigenvalue weighted by Crippen LogP contribution is -2.27. The van der Waals surface area contributed by atoms with Crippen LogP contribution in [0.1, 0.15) is 44.9 Å². The molecule has 0 saturated heterocycles. The van der Waals surface area contributed by atoms with Gasteiger partial charge in [-0.25, -0.2) is 8.42 Å². The van der Waals surface area contributed by atoms with Gasteiger partial charge in [-0.1, -0.05) is 44.5 Å². The molecule has 0 atom stereocenters. The number of sulfonamides is 1. The number of hydrogen-bond acceptors (Lipinski definition) is 5. The molecular formula is C19H31N5O2S. The molecule has 0 aliphatic heterocycles. The highest BCUT2D eigenvalue weighted by Crippen LogP contribution is 2.17. The molecule has 0 spiro atoms. The molecule has 1 heterocycles. The van der Waals surface area contributed by atoms with E-state index in [1.54, 1.807) is 23.9 Å². The van der Waals surface area contributed by atoms with Gasteiger partial charge in [0, 0.05) is 26.3 Å². The third-order valence-corrected chi connectivity index (χ3v) is 6.46. The Labute approximate surface area is 163 Å². The predicted octanol–water partition coefficient (Wildman–Crippen LogP) is 2.74. The quantitative estimate of drug-likeness (QED) is 0.587. The van der Waals surface area contributed by atoms with E-state index in [1.165, 1.54) is 4.31 Å². The molecular weight excluding hydrogens is 362 g/mol. The minimum absolute atomic E-state index is 0.204. The van der Waals surface area contributed by atoms with E-state index in [9.17, 15) is 8.42 Å². The zero-order valence-corrected chi connectivity index (χ0v) is 17.6. The highest BCUT2D eigenvalue weighted by Gasteiger charge is 2.22. The Hall–Kier alpha value is -1.77. The summed E-state index contributed by atoms with van der Waals surface area (Å²) in [7, 11) is -1.98. The first-order valence-corrected chi connectivity index (χ1v) is 11.0. The maximum absolute atomic E-state index is 12.8. The second-order valence-corrected chi connectivity index (χ2v) is 8.74. The lowest BCUT2D eigenvalue weighted by atomic mass is 10.2. The van der Waals surface area contributed by atoms with Gasteiger partial charge in [0.25, 0.3) is 0 Å². The number of nitrogens with zero attached hydrogens (tertiary/aromatic N) is 5. The van der Waals surface area contributed by atoms with Crippen LogP contribution in [0.5, 0.6) is 0 Å². The molecule has 1 aromatic heterocycles. The van der Waals surface area contributed by atoms with Crippen LogP contribution in [0.3, 0.4) is 0 Å². The molecule has 8 heteroatoms. The molecule has 0 N–H and O–H groups in total. The SMILES string of the molecule is CCCCn1cc(CN(C)S(=O)(=O)c2ccc(CN(CC)CC)cc2)nn1. The molecule has 0 fully saturated rings. The summed E-state index contributed by atoms with van der Waals surface area (Å²) in [6.07, 6.45) is 3.92. The summed E-state index contributed by atoms with van der Waals surface area (Å²) in [5.41, 5.74) is 1.76. The van der Waals surface area contributed by atoms with Crippen molar-refractivity contribution >= 4 is 10.0 Å². The fraction of sp³-hybridized carbons (Fsp3) is 0.579. The average Bonchev–Trinajstić information content (AvgIpc) is 3.12. The number of rotatable bonds is 11. The Bertz CT molecular complexity index is 798. The van der Waals surface area contributed by atoms with Crippen LogP contribution in [0, 0.1) is 0 Å². The third-order valence-electron chi connectivity index (χ3n) is 4.64. The summed E-state index contributed by atoms with van der Waals surface area (Å²) >= 11 is 0. The van der Waals surface area contributed by atoms with E-state index in [4.69, 9.17) is 0 Å². The van der Waals surface area contributed by atoms with Gasteiger partial charge >= 0.3 is 0 Å². The standard InChI is InChI=1S/C19H31N5O2S/c1-5-8-13-24-16-18(20-21-24)15-22(4)27(25,26)19-11-9-17(10-12-19)14-23(6-2)7-3/h9-12,16H,5-8,13-15H2,1-4H3. The summed E-state index contributed by atoms with van der Waals surface area (Å²) < 4.78 is 28.7. The van der Waals surface area contributed by atoms with Crippen molar-refractivity contribution in [3.8, 4) is 0 Å². The Kier molecular flexibility index (Phi) is 7.94. The van der Waals surface area contributed by atoms with Gasteiger partial charge in [0.1, 0.15) is 0 Å². The van der Waals surface area contributed by atoms with Gasteiger partial charge in [-0.15, -0.1) is 5.10 Å². The maximum Gasteiger partial charge on any atom is 0.243 e. The number of hydrogen-bond donors (Lipinski definition) is 0. The van der Waals surface area contributed by atoms with Crippen LogP contribution in [0.4, 0.5) is 0 Å². The summed E-state index contributed by atoms with van der Waals surface area (Å²) in [6.45, 7) is 10.1. The number of aromatic nitrogens is 3. The summed E-state index contributed by atoms with van der Waals surface area (Å²) in [5.74, 6) is 0. The number of aryl methyl sites for hydroxylation is 1. The van der Waals surface area contributed by atoms with E-state index in [-0.39, 0.29) is 6.54 Å². The minimum atomic E-state index is -3.56. The van der Waals surface area contributed by atoms with Crippen LogP contribution in [0.15, 0.2) is 35.4 Å². The predicted molar refractivity (Wildman–Crippen MR) is 107 cm³/mol. The van der Waals surface area contributed by atoms with Crippen molar-refractivity contribution in [3.63, 3.8) is 0 Å². The first-order valence-electron chi connectivity index (χ1n) is 9.57. The Morgan fingerprint density at radius 1 is 1.04 bits per heavy atom. The molecule has 2 aromatic rings. The van der Waals surface area contributed by atoms with Gasteiger partial charge in [0.15, 0.2) is 0 Å². The van der Waals surface area contributed by atoms with E-state index in [0.29, 0.717) is 10.6 Å². The molecule has 27 heavy (non-hydrogen) atoms. The van der Waals surface area contributed by atoms with Gasteiger partial charge in [-0.2, -0.15) is 4.31 Å². The Morgan fingerprint density at radius 2 is 1.70 bits per heavy atom. The maximum atomic E-state index is 12.8. The van der Waals surface area contributed by atoms with Crippen LogP contribution in [0.25, 0.3) is 0 Å².